The number of primary amides is 1. The Morgan fingerprint density at radius 2 is 1.44 bits per heavy atom. The number of aliphatic hydroxyl groups excluding tert-OH is 1. The summed E-state index contributed by atoms with van der Waals surface area (Å²) in [5.74, 6) is -5.22. The van der Waals surface area contributed by atoms with Gasteiger partial charge in [0, 0.05) is 0 Å². The van der Waals surface area contributed by atoms with Crippen LogP contribution in [-0.2, 0) is 24.0 Å². The molecule has 0 fully saturated rings. The van der Waals surface area contributed by atoms with Crippen LogP contribution in [-0.4, -0.2) is 76.6 Å². The van der Waals surface area contributed by atoms with Crippen LogP contribution in [0, 0.1) is 5.92 Å². The van der Waals surface area contributed by atoms with Gasteiger partial charge in [0.1, 0.15) is 12.1 Å². The highest BCUT2D eigenvalue weighted by molar-refractivity contribution is 5.96. The number of aliphatic hydroxyl groups is 1. The average molecular weight is 461 g/mol. The number of rotatable bonds is 15. The summed E-state index contributed by atoms with van der Waals surface area (Å²) in [5, 5.41) is 25.5. The van der Waals surface area contributed by atoms with Gasteiger partial charge in [-0.3, -0.25) is 19.2 Å². The van der Waals surface area contributed by atoms with Crippen LogP contribution < -0.4 is 33.2 Å². The molecular formula is C19H36N6O7. The number of amides is 4. The molecule has 0 bridgehead atoms. The van der Waals surface area contributed by atoms with Gasteiger partial charge in [-0.2, -0.15) is 0 Å². The smallest absolute Gasteiger partial charge is 0.328 e. The molecule has 0 saturated heterocycles. The van der Waals surface area contributed by atoms with E-state index in [9.17, 15) is 29.1 Å². The number of carbonyl (C=O) groups is 5. The highest BCUT2D eigenvalue weighted by atomic mass is 16.4. The van der Waals surface area contributed by atoms with Crippen LogP contribution in [0.5, 0.6) is 0 Å². The van der Waals surface area contributed by atoms with E-state index in [1.54, 1.807) is 13.8 Å². The van der Waals surface area contributed by atoms with E-state index in [1.807, 2.05) is 0 Å². The van der Waals surface area contributed by atoms with Crippen molar-refractivity contribution in [3.8, 4) is 0 Å². The third-order valence-electron chi connectivity index (χ3n) is 4.64. The summed E-state index contributed by atoms with van der Waals surface area (Å²) in [5.41, 5.74) is 16.4. The Hall–Kier alpha value is -2.77. The van der Waals surface area contributed by atoms with Crippen LogP contribution >= 0.6 is 0 Å². The molecular weight excluding hydrogens is 424 g/mol. The van der Waals surface area contributed by atoms with Crippen molar-refractivity contribution in [3.63, 3.8) is 0 Å². The van der Waals surface area contributed by atoms with Gasteiger partial charge in [0.15, 0.2) is 6.04 Å². The summed E-state index contributed by atoms with van der Waals surface area (Å²) in [6, 6.07) is -5.13. The third-order valence-corrected chi connectivity index (χ3v) is 4.64. The lowest BCUT2D eigenvalue weighted by atomic mass is 10.0. The average Bonchev–Trinajstić information content (AvgIpc) is 2.67. The molecule has 11 N–H and O–H groups in total. The molecule has 0 aliphatic rings. The van der Waals surface area contributed by atoms with Crippen LogP contribution in [0.2, 0.25) is 0 Å². The van der Waals surface area contributed by atoms with Gasteiger partial charge >= 0.3 is 5.97 Å². The number of nitrogens with one attached hydrogen (secondary N) is 3. The second kappa shape index (κ2) is 14.3. The summed E-state index contributed by atoms with van der Waals surface area (Å²) in [7, 11) is 0. The maximum absolute atomic E-state index is 12.8. The van der Waals surface area contributed by atoms with Crippen LogP contribution in [0.25, 0.3) is 0 Å². The number of carboxylic acids is 1. The zero-order chi connectivity index (χ0) is 25.0. The number of carboxylic acid groups (broad SMARTS) is 1. The lowest BCUT2D eigenvalue weighted by Gasteiger charge is -2.27. The van der Waals surface area contributed by atoms with Crippen molar-refractivity contribution >= 4 is 29.6 Å². The Labute approximate surface area is 186 Å². The Bertz CT molecular complexity index is 671. The first-order valence-corrected chi connectivity index (χ1v) is 10.4. The Kier molecular flexibility index (Phi) is 13.1. The predicted octanol–water partition coefficient (Wildman–Crippen LogP) is -3.11. The summed E-state index contributed by atoms with van der Waals surface area (Å²) in [4.78, 5) is 60.2. The van der Waals surface area contributed by atoms with E-state index in [-0.39, 0.29) is 0 Å². The van der Waals surface area contributed by atoms with Gasteiger partial charge in [0.05, 0.1) is 18.6 Å². The highest BCUT2D eigenvalue weighted by Gasteiger charge is 2.33. The quantitative estimate of drug-likeness (QED) is 0.115. The number of nitrogens with two attached hydrogens (primary N) is 3. The van der Waals surface area contributed by atoms with Crippen molar-refractivity contribution in [2.24, 2.45) is 23.1 Å². The topological polar surface area (TPSA) is 240 Å². The second-order valence-corrected chi connectivity index (χ2v) is 7.92. The second-order valence-electron chi connectivity index (χ2n) is 7.92. The highest BCUT2D eigenvalue weighted by Crippen LogP contribution is 2.06. The summed E-state index contributed by atoms with van der Waals surface area (Å²) >= 11 is 0. The van der Waals surface area contributed by atoms with E-state index in [0.29, 0.717) is 25.8 Å². The minimum absolute atomic E-state index is 0.373. The van der Waals surface area contributed by atoms with Crippen molar-refractivity contribution in [1.29, 1.82) is 0 Å². The van der Waals surface area contributed by atoms with Crippen molar-refractivity contribution < 1.29 is 34.2 Å². The monoisotopic (exact) mass is 460 g/mol. The van der Waals surface area contributed by atoms with Crippen molar-refractivity contribution in [2.45, 2.75) is 76.7 Å². The predicted molar refractivity (Wildman–Crippen MR) is 115 cm³/mol. The van der Waals surface area contributed by atoms with Gasteiger partial charge in [-0.05, 0) is 32.2 Å². The lowest BCUT2D eigenvalue weighted by Crippen LogP contribution is -2.59. The molecule has 5 atom stereocenters. The largest absolute Gasteiger partial charge is 0.480 e. The maximum atomic E-state index is 12.8. The molecule has 32 heavy (non-hydrogen) atoms. The summed E-state index contributed by atoms with van der Waals surface area (Å²) in [6.07, 6.45) is -0.356. The molecule has 0 saturated carbocycles. The Balaban J connectivity index is 5.35. The minimum atomic E-state index is -1.66. The van der Waals surface area contributed by atoms with Crippen LogP contribution in [0.3, 0.4) is 0 Å². The standard InChI is InChI=1S/C19H36N6O7/c1-9(2)14(24-16(28)11(21)6-4-5-7-20)18(30)23-12(8-13(22)27)17(29)25-15(10(3)26)19(31)32/h9-12,14-15,26H,4-8,20-21H2,1-3H3,(H2,22,27)(H,23,30)(H,24,28)(H,25,29)(H,31,32). The first kappa shape index (κ1) is 29.2. The molecule has 13 heteroatoms. The molecule has 0 aliphatic carbocycles. The molecule has 4 amide bonds. The van der Waals surface area contributed by atoms with Crippen LogP contribution in [0.1, 0.15) is 46.5 Å². The van der Waals surface area contributed by atoms with Crippen molar-refractivity contribution in [2.75, 3.05) is 6.54 Å². The van der Waals surface area contributed by atoms with E-state index in [2.05, 4.69) is 16.0 Å². The molecule has 0 radical (unpaired) electrons. The normalized spacial score (nSPS) is 15.7. The molecule has 0 aliphatic heterocycles. The number of aliphatic carboxylic acids is 1. The van der Waals surface area contributed by atoms with Crippen molar-refractivity contribution in [3.05, 3.63) is 0 Å². The SMILES string of the molecule is CC(C)C(NC(=O)C(N)CCCCN)C(=O)NC(CC(N)=O)C(=O)NC(C(=O)O)C(C)O. The van der Waals surface area contributed by atoms with Crippen LogP contribution in [0.4, 0.5) is 0 Å². The molecule has 0 aromatic carbocycles. The first-order chi connectivity index (χ1) is 14.8. The molecule has 13 nitrogen and oxygen atoms in total. The molecule has 5 unspecified atom stereocenters. The number of unbranched alkanes of at least 4 members (excludes halogenated alkanes) is 1. The van der Waals surface area contributed by atoms with Gasteiger partial charge in [-0.25, -0.2) is 4.79 Å². The van der Waals surface area contributed by atoms with E-state index in [0.717, 1.165) is 6.92 Å². The molecule has 184 valence electrons. The third kappa shape index (κ3) is 10.5. The van der Waals surface area contributed by atoms with Gasteiger partial charge in [-0.1, -0.05) is 20.3 Å². The fourth-order valence-corrected chi connectivity index (χ4v) is 2.75. The van der Waals surface area contributed by atoms with Crippen molar-refractivity contribution in [1.82, 2.24) is 16.0 Å². The van der Waals surface area contributed by atoms with E-state index >= 15 is 0 Å². The fraction of sp³-hybridized carbons (Fsp3) is 0.737. The zero-order valence-corrected chi connectivity index (χ0v) is 18.7. The Morgan fingerprint density at radius 3 is 1.88 bits per heavy atom. The Morgan fingerprint density at radius 1 is 0.875 bits per heavy atom. The molecule has 0 rings (SSSR count). The first-order valence-electron chi connectivity index (χ1n) is 10.4. The minimum Gasteiger partial charge on any atom is -0.480 e. The maximum Gasteiger partial charge on any atom is 0.328 e. The zero-order valence-electron chi connectivity index (χ0n) is 18.7. The van der Waals surface area contributed by atoms with Gasteiger partial charge in [0.2, 0.25) is 23.6 Å². The number of carbonyl (C=O) groups excluding carboxylic acids is 4. The molecule has 0 aromatic heterocycles. The van der Waals surface area contributed by atoms with E-state index < -0.39 is 72.2 Å². The van der Waals surface area contributed by atoms with E-state index in [1.165, 1.54) is 0 Å². The number of hydrogen-bond acceptors (Lipinski definition) is 8. The number of hydrogen-bond donors (Lipinski definition) is 8. The molecule has 0 spiro atoms. The van der Waals surface area contributed by atoms with Gasteiger partial charge in [0.25, 0.3) is 0 Å². The van der Waals surface area contributed by atoms with Crippen LogP contribution in [0.15, 0.2) is 0 Å². The summed E-state index contributed by atoms with van der Waals surface area (Å²) in [6.45, 7) is 4.93. The van der Waals surface area contributed by atoms with E-state index in [4.69, 9.17) is 22.3 Å². The van der Waals surface area contributed by atoms with Gasteiger partial charge in [-0.15, -0.1) is 0 Å². The fourth-order valence-electron chi connectivity index (χ4n) is 2.75. The molecule has 0 aromatic rings. The lowest BCUT2D eigenvalue weighted by molar-refractivity contribution is -0.145. The molecule has 0 heterocycles. The summed E-state index contributed by atoms with van der Waals surface area (Å²) < 4.78 is 0. The van der Waals surface area contributed by atoms with Gasteiger partial charge < -0.3 is 43.4 Å².